The van der Waals surface area contributed by atoms with Crippen LogP contribution in [0.25, 0.3) is 0 Å². The minimum atomic E-state index is -2.11. The molecule has 1 fully saturated rings. The molecule has 17 heavy (non-hydrogen) atoms. The van der Waals surface area contributed by atoms with E-state index in [0.717, 1.165) is 11.3 Å². The van der Waals surface area contributed by atoms with Crippen LogP contribution in [-0.2, 0) is 4.79 Å². The van der Waals surface area contributed by atoms with Gasteiger partial charge in [-0.2, -0.15) is 0 Å². The lowest BCUT2D eigenvalue weighted by Gasteiger charge is -2.36. The number of hydrogen-bond donors (Lipinski definition) is 1. The van der Waals surface area contributed by atoms with Crippen LogP contribution in [0.4, 0.5) is 10.1 Å². The summed E-state index contributed by atoms with van der Waals surface area (Å²) in [6.45, 7) is 2.63. The van der Waals surface area contributed by atoms with Gasteiger partial charge in [0.15, 0.2) is 0 Å². The van der Waals surface area contributed by atoms with Crippen LogP contribution in [0.1, 0.15) is 18.4 Å². The average Bonchev–Trinajstić information content (AvgIpc) is 2.30. The molecule has 3 nitrogen and oxygen atoms in total. The molecule has 1 aliphatic heterocycles. The Morgan fingerprint density at radius 3 is 2.65 bits per heavy atom. The van der Waals surface area contributed by atoms with Crippen molar-refractivity contribution in [3.8, 4) is 0 Å². The highest BCUT2D eigenvalue weighted by molar-refractivity contribution is 5.78. The van der Waals surface area contributed by atoms with E-state index in [9.17, 15) is 9.18 Å². The topological polar surface area (TPSA) is 40.5 Å². The molecule has 0 amide bonds. The zero-order valence-electron chi connectivity index (χ0n) is 9.82. The van der Waals surface area contributed by atoms with E-state index in [4.69, 9.17) is 5.11 Å². The molecular weight excluding hydrogens is 221 g/mol. The number of nitrogens with zero attached hydrogens (tertiary/aromatic N) is 1. The van der Waals surface area contributed by atoms with Gasteiger partial charge in [0.1, 0.15) is 0 Å². The number of piperidine rings is 1. The number of aliphatic carboxylic acids is 1. The predicted molar refractivity (Wildman–Crippen MR) is 64.1 cm³/mol. The molecule has 2 rings (SSSR count). The van der Waals surface area contributed by atoms with Gasteiger partial charge in [-0.15, -0.1) is 0 Å². The first-order chi connectivity index (χ1) is 8.01. The predicted octanol–water partition coefficient (Wildman–Crippen LogP) is 2.39. The summed E-state index contributed by atoms with van der Waals surface area (Å²) in [7, 11) is 0. The fourth-order valence-corrected chi connectivity index (χ4v) is 2.16. The van der Waals surface area contributed by atoms with Gasteiger partial charge in [0.25, 0.3) is 0 Å². The van der Waals surface area contributed by atoms with Crippen molar-refractivity contribution in [3.05, 3.63) is 29.8 Å². The van der Waals surface area contributed by atoms with E-state index in [2.05, 4.69) is 0 Å². The van der Waals surface area contributed by atoms with Gasteiger partial charge in [0, 0.05) is 12.2 Å². The van der Waals surface area contributed by atoms with Crippen LogP contribution in [-0.4, -0.2) is 29.8 Å². The van der Waals surface area contributed by atoms with Crippen molar-refractivity contribution in [1.29, 1.82) is 0 Å². The van der Waals surface area contributed by atoms with Crippen molar-refractivity contribution >= 4 is 11.7 Å². The molecule has 1 unspecified atom stereocenters. The van der Waals surface area contributed by atoms with Gasteiger partial charge >= 0.3 is 5.97 Å². The van der Waals surface area contributed by atoms with E-state index in [1.54, 1.807) is 4.90 Å². The van der Waals surface area contributed by atoms with E-state index in [0.29, 0.717) is 13.0 Å². The van der Waals surface area contributed by atoms with Crippen LogP contribution in [0.2, 0.25) is 0 Å². The number of rotatable bonds is 2. The SMILES string of the molecule is Cc1ccc(N2CCCC(F)(C(=O)O)C2)cc1. The summed E-state index contributed by atoms with van der Waals surface area (Å²) in [4.78, 5) is 12.7. The van der Waals surface area contributed by atoms with Gasteiger partial charge in [-0.05, 0) is 31.9 Å². The van der Waals surface area contributed by atoms with Gasteiger partial charge < -0.3 is 10.0 Å². The normalized spacial score (nSPS) is 24.7. The van der Waals surface area contributed by atoms with Crippen LogP contribution in [0.15, 0.2) is 24.3 Å². The Bertz CT molecular complexity index is 418. The van der Waals surface area contributed by atoms with Gasteiger partial charge in [0.2, 0.25) is 5.67 Å². The molecule has 0 spiro atoms. The van der Waals surface area contributed by atoms with E-state index in [1.165, 1.54) is 0 Å². The minimum Gasteiger partial charge on any atom is -0.479 e. The summed E-state index contributed by atoms with van der Waals surface area (Å²) in [5.74, 6) is -1.35. The first-order valence-electron chi connectivity index (χ1n) is 5.75. The molecule has 1 aliphatic rings. The summed E-state index contributed by atoms with van der Waals surface area (Å²) in [5.41, 5.74) is -0.0857. The second-order valence-electron chi connectivity index (χ2n) is 4.63. The molecule has 1 atom stereocenters. The second kappa shape index (κ2) is 4.35. The molecule has 4 heteroatoms. The van der Waals surface area contributed by atoms with Crippen LogP contribution in [0.5, 0.6) is 0 Å². The van der Waals surface area contributed by atoms with E-state index in [-0.39, 0.29) is 13.0 Å². The summed E-state index contributed by atoms with van der Waals surface area (Å²) in [5, 5.41) is 8.90. The fraction of sp³-hybridized carbons (Fsp3) is 0.462. The van der Waals surface area contributed by atoms with Crippen LogP contribution in [0.3, 0.4) is 0 Å². The third-order valence-corrected chi connectivity index (χ3v) is 3.22. The lowest BCUT2D eigenvalue weighted by molar-refractivity contribution is -0.151. The molecule has 1 aromatic rings. The number of anilines is 1. The molecule has 1 N–H and O–H groups in total. The molecular formula is C13H16FNO2. The van der Waals surface area contributed by atoms with Gasteiger partial charge in [-0.3, -0.25) is 0 Å². The Labute approximate surface area is 99.9 Å². The van der Waals surface area contributed by atoms with Crippen molar-refractivity contribution in [1.82, 2.24) is 0 Å². The number of halogens is 1. The lowest BCUT2D eigenvalue weighted by atomic mass is 9.94. The van der Waals surface area contributed by atoms with Crippen molar-refractivity contribution < 1.29 is 14.3 Å². The van der Waals surface area contributed by atoms with Crippen LogP contribution in [0, 0.1) is 6.92 Å². The van der Waals surface area contributed by atoms with E-state index >= 15 is 0 Å². The van der Waals surface area contributed by atoms with Crippen molar-refractivity contribution in [2.75, 3.05) is 18.0 Å². The molecule has 0 bridgehead atoms. The Kier molecular flexibility index (Phi) is 3.05. The minimum absolute atomic E-state index is 0.0641. The maximum Gasteiger partial charge on any atom is 0.343 e. The summed E-state index contributed by atoms with van der Waals surface area (Å²) < 4.78 is 14.1. The first kappa shape index (κ1) is 11.9. The van der Waals surface area contributed by atoms with Crippen LogP contribution < -0.4 is 4.90 Å². The molecule has 1 saturated heterocycles. The van der Waals surface area contributed by atoms with Crippen LogP contribution >= 0.6 is 0 Å². The quantitative estimate of drug-likeness (QED) is 0.858. The molecule has 0 radical (unpaired) electrons. The number of carboxylic acids is 1. The molecule has 0 saturated carbocycles. The zero-order valence-corrected chi connectivity index (χ0v) is 9.82. The Morgan fingerprint density at radius 2 is 2.06 bits per heavy atom. The monoisotopic (exact) mass is 237 g/mol. The fourth-order valence-electron chi connectivity index (χ4n) is 2.16. The number of carboxylic acid groups (broad SMARTS) is 1. The Hall–Kier alpha value is -1.58. The number of aryl methyl sites for hydroxylation is 1. The summed E-state index contributed by atoms with van der Waals surface area (Å²) in [6, 6.07) is 7.71. The summed E-state index contributed by atoms with van der Waals surface area (Å²) in [6.07, 6.45) is 0.668. The zero-order chi connectivity index (χ0) is 12.5. The molecule has 92 valence electrons. The second-order valence-corrected chi connectivity index (χ2v) is 4.63. The lowest BCUT2D eigenvalue weighted by Crippen LogP contribution is -2.50. The average molecular weight is 237 g/mol. The first-order valence-corrected chi connectivity index (χ1v) is 5.75. The third-order valence-electron chi connectivity index (χ3n) is 3.22. The van der Waals surface area contributed by atoms with Crippen molar-refractivity contribution in [3.63, 3.8) is 0 Å². The molecule has 1 aromatic carbocycles. The van der Waals surface area contributed by atoms with E-state index in [1.807, 2.05) is 31.2 Å². The third kappa shape index (κ3) is 2.40. The highest BCUT2D eigenvalue weighted by Gasteiger charge is 2.42. The summed E-state index contributed by atoms with van der Waals surface area (Å²) >= 11 is 0. The maximum absolute atomic E-state index is 14.1. The standard InChI is InChI=1S/C13H16FNO2/c1-10-3-5-11(6-4-10)15-8-2-7-13(14,9-15)12(16)17/h3-6H,2,7-9H2,1H3,(H,16,17). The molecule has 0 aliphatic carbocycles. The Balaban J connectivity index is 2.17. The van der Waals surface area contributed by atoms with Gasteiger partial charge in [-0.1, -0.05) is 17.7 Å². The molecule has 0 aromatic heterocycles. The highest BCUT2D eigenvalue weighted by Crippen LogP contribution is 2.29. The van der Waals surface area contributed by atoms with Crippen molar-refractivity contribution in [2.24, 2.45) is 0 Å². The number of alkyl halides is 1. The molecule has 1 heterocycles. The van der Waals surface area contributed by atoms with Crippen molar-refractivity contribution in [2.45, 2.75) is 25.4 Å². The van der Waals surface area contributed by atoms with Gasteiger partial charge in [-0.25, -0.2) is 9.18 Å². The number of benzene rings is 1. The highest BCUT2D eigenvalue weighted by atomic mass is 19.1. The Morgan fingerprint density at radius 1 is 1.41 bits per heavy atom. The van der Waals surface area contributed by atoms with Gasteiger partial charge in [0.05, 0.1) is 6.54 Å². The number of carbonyl (C=O) groups is 1. The largest absolute Gasteiger partial charge is 0.479 e. The maximum atomic E-state index is 14.1. The smallest absolute Gasteiger partial charge is 0.343 e. The van der Waals surface area contributed by atoms with E-state index < -0.39 is 11.6 Å². The number of hydrogen-bond acceptors (Lipinski definition) is 2.